The molecule has 2 N–H and O–H groups in total. The van der Waals surface area contributed by atoms with E-state index in [2.05, 4.69) is 10.2 Å². The van der Waals surface area contributed by atoms with Gasteiger partial charge in [0.25, 0.3) is 11.5 Å². The van der Waals surface area contributed by atoms with Crippen molar-refractivity contribution in [3.63, 3.8) is 0 Å². The Labute approximate surface area is 120 Å². The Kier molecular flexibility index (Phi) is 4.02. The van der Waals surface area contributed by atoms with Crippen molar-refractivity contribution in [3.05, 3.63) is 45.8 Å². The molecule has 0 bridgehead atoms. The number of nitrogen functional groups attached to an aromatic ring is 1. The lowest BCUT2D eigenvalue weighted by Crippen LogP contribution is -2.21. The summed E-state index contributed by atoms with van der Waals surface area (Å²) < 4.78 is 37.8. The molecule has 21 heavy (non-hydrogen) atoms. The molecule has 0 aliphatic carbocycles. The second kappa shape index (κ2) is 5.60. The average molecular weight is 319 g/mol. The number of aromatic nitrogens is 3. The normalized spacial score (nSPS) is 11.6. The van der Waals surface area contributed by atoms with Crippen molar-refractivity contribution in [2.75, 3.05) is 5.84 Å². The number of nitrogens with zero attached hydrogens (tertiary/aromatic N) is 4. The molecule has 7 nitrogen and oxygen atoms in total. The molecule has 1 aromatic carbocycles. The lowest BCUT2D eigenvalue weighted by Gasteiger charge is -2.06. The summed E-state index contributed by atoms with van der Waals surface area (Å²) in [6.45, 7) is 0. The van der Waals surface area contributed by atoms with Crippen molar-refractivity contribution in [2.45, 2.75) is 17.1 Å². The van der Waals surface area contributed by atoms with Gasteiger partial charge in [-0.25, -0.2) is 4.68 Å². The van der Waals surface area contributed by atoms with Crippen molar-refractivity contribution in [1.29, 1.82) is 0 Å². The van der Waals surface area contributed by atoms with Gasteiger partial charge in [-0.2, -0.15) is 13.2 Å². The van der Waals surface area contributed by atoms with Crippen molar-refractivity contribution in [1.82, 2.24) is 14.9 Å². The number of hydrogen-bond acceptors (Lipinski definition) is 6. The molecule has 0 amide bonds. The Morgan fingerprint density at radius 2 is 2.10 bits per heavy atom. The third-order valence-corrected chi connectivity index (χ3v) is 3.42. The van der Waals surface area contributed by atoms with Crippen molar-refractivity contribution in [2.24, 2.45) is 0 Å². The molecule has 0 aliphatic heterocycles. The van der Waals surface area contributed by atoms with Crippen LogP contribution in [0.4, 0.5) is 18.9 Å². The minimum atomic E-state index is -4.69. The number of benzene rings is 1. The van der Waals surface area contributed by atoms with E-state index in [4.69, 9.17) is 5.84 Å². The lowest BCUT2D eigenvalue weighted by molar-refractivity contribution is -0.384. The molecule has 11 heteroatoms. The first-order chi connectivity index (χ1) is 9.79. The van der Waals surface area contributed by atoms with Gasteiger partial charge in [0.05, 0.1) is 4.92 Å². The van der Waals surface area contributed by atoms with E-state index in [0.29, 0.717) is 10.2 Å². The number of hydrogen-bond donors (Lipinski definition) is 1. The van der Waals surface area contributed by atoms with Crippen LogP contribution in [0, 0.1) is 10.1 Å². The molecule has 0 spiro atoms. The predicted octanol–water partition coefficient (Wildman–Crippen LogP) is 2.21. The third-order valence-electron chi connectivity index (χ3n) is 2.41. The van der Waals surface area contributed by atoms with Crippen molar-refractivity contribution in [3.8, 4) is 0 Å². The number of alkyl halides is 3. The number of non-ortho nitro benzene ring substituents is 1. The molecule has 0 fully saturated rings. The lowest BCUT2D eigenvalue weighted by atomic mass is 10.2. The zero-order chi connectivity index (χ0) is 15.6. The highest BCUT2D eigenvalue weighted by Gasteiger charge is 2.38. The molecule has 0 radical (unpaired) electrons. The average Bonchev–Trinajstić information content (AvgIpc) is 2.78. The Morgan fingerprint density at radius 1 is 1.38 bits per heavy atom. The van der Waals surface area contributed by atoms with E-state index < -0.39 is 16.9 Å². The quantitative estimate of drug-likeness (QED) is 0.401. The molecule has 0 unspecified atom stereocenters. The van der Waals surface area contributed by atoms with E-state index in [-0.39, 0.29) is 16.6 Å². The van der Waals surface area contributed by atoms with E-state index in [1.54, 1.807) is 6.07 Å². The summed E-state index contributed by atoms with van der Waals surface area (Å²) in [5.41, 5.74) is 0.462. The van der Waals surface area contributed by atoms with Crippen LogP contribution in [-0.4, -0.2) is 19.8 Å². The van der Waals surface area contributed by atoms with Crippen LogP contribution in [0.1, 0.15) is 11.4 Å². The van der Waals surface area contributed by atoms with Gasteiger partial charge in [0, 0.05) is 17.9 Å². The van der Waals surface area contributed by atoms with Crippen molar-refractivity contribution < 1.29 is 18.1 Å². The first-order valence-electron chi connectivity index (χ1n) is 5.43. The molecule has 1 heterocycles. The molecule has 0 atom stereocenters. The molecular weight excluding hydrogens is 311 g/mol. The number of thioether (sulfide) groups is 1. The number of rotatable bonds is 4. The third kappa shape index (κ3) is 3.42. The van der Waals surface area contributed by atoms with Gasteiger partial charge >= 0.3 is 6.18 Å². The molecule has 112 valence electrons. The second-order valence-corrected chi connectivity index (χ2v) is 4.83. The number of halogens is 3. The van der Waals surface area contributed by atoms with Crippen LogP contribution in [0.5, 0.6) is 0 Å². The smallest absolute Gasteiger partial charge is 0.335 e. The summed E-state index contributed by atoms with van der Waals surface area (Å²) in [6, 6.07) is 5.75. The number of nitro benzene ring substituents is 1. The van der Waals surface area contributed by atoms with Gasteiger partial charge in [-0.1, -0.05) is 23.9 Å². The standard InChI is InChI=1S/C10H8F3N5O2S/c11-10(12,13)8-15-16-9(17(8)14)21-5-6-2-1-3-7(4-6)18(19)20/h1-4H,5,14H2. The van der Waals surface area contributed by atoms with Crippen LogP contribution in [0.25, 0.3) is 0 Å². The summed E-state index contributed by atoms with van der Waals surface area (Å²) in [7, 11) is 0. The molecule has 2 rings (SSSR count). The highest BCUT2D eigenvalue weighted by molar-refractivity contribution is 7.98. The van der Waals surface area contributed by atoms with Crippen LogP contribution in [0.3, 0.4) is 0 Å². The van der Waals surface area contributed by atoms with Gasteiger partial charge in [-0.05, 0) is 5.56 Å². The fraction of sp³-hybridized carbons (Fsp3) is 0.200. The second-order valence-electron chi connectivity index (χ2n) is 3.89. The van der Waals surface area contributed by atoms with Crippen LogP contribution < -0.4 is 5.84 Å². The van der Waals surface area contributed by atoms with Gasteiger partial charge in [0.15, 0.2) is 0 Å². The number of nitrogens with two attached hydrogens (primary N) is 1. The summed E-state index contributed by atoms with van der Waals surface area (Å²) in [5.74, 6) is 4.15. The first kappa shape index (κ1) is 15.1. The summed E-state index contributed by atoms with van der Waals surface area (Å²) in [6.07, 6.45) is -4.69. The van der Waals surface area contributed by atoms with Gasteiger partial charge < -0.3 is 5.84 Å². The summed E-state index contributed by atoms with van der Waals surface area (Å²) in [4.78, 5) is 10.1. The Morgan fingerprint density at radius 3 is 2.67 bits per heavy atom. The topological polar surface area (TPSA) is 99.9 Å². The maximum Gasteiger partial charge on any atom is 0.453 e. The highest BCUT2D eigenvalue weighted by Crippen LogP contribution is 2.30. The van der Waals surface area contributed by atoms with Gasteiger partial charge in [-0.3, -0.25) is 10.1 Å². The fourth-order valence-electron chi connectivity index (χ4n) is 1.48. The monoisotopic (exact) mass is 319 g/mol. The molecular formula is C10H8F3N5O2S. The Hall–Kier alpha value is -2.30. The van der Waals surface area contributed by atoms with E-state index in [1.807, 2.05) is 0 Å². The van der Waals surface area contributed by atoms with Gasteiger partial charge in [0.1, 0.15) is 0 Å². The minimum absolute atomic E-state index is 0.0988. The molecule has 1 aromatic heterocycles. The zero-order valence-corrected chi connectivity index (χ0v) is 11.1. The van der Waals surface area contributed by atoms with E-state index in [1.165, 1.54) is 18.2 Å². The molecule has 2 aromatic rings. The Balaban J connectivity index is 2.12. The molecule has 0 saturated carbocycles. The van der Waals surface area contributed by atoms with Crippen LogP contribution in [0.15, 0.2) is 29.4 Å². The maximum atomic E-state index is 12.5. The zero-order valence-electron chi connectivity index (χ0n) is 10.2. The molecule has 0 aliphatic rings. The van der Waals surface area contributed by atoms with Crippen LogP contribution in [0.2, 0.25) is 0 Å². The van der Waals surface area contributed by atoms with Crippen LogP contribution >= 0.6 is 11.8 Å². The Bertz CT molecular complexity index is 673. The van der Waals surface area contributed by atoms with Gasteiger partial charge in [-0.15, -0.1) is 10.2 Å². The minimum Gasteiger partial charge on any atom is -0.335 e. The highest BCUT2D eigenvalue weighted by atomic mass is 32.2. The predicted molar refractivity (Wildman–Crippen MR) is 67.8 cm³/mol. The van der Waals surface area contributed by atoms with Crippen molar-refractivity contribution >= 4 is 17.4 Å². The van der Waals surface area contributed by atoms with Crippen LogP contribution in [-0.2, 0) is 11.9 Å². The fourth-order valence-corrected chi connectivity index (χ4v) is 2.28. The summed E-state index contributed by atoms with van der Waals surface area (Å²) in [5, 5.41) is 16.8. The van der Waals surface area contributed by atoms with E-state index in [9.17, 15) is 23.3 Å². The summed E-state index contributed by atoms with van der Waals surface area (Å²) >= 11 is 0.899. The van der Waals surface area contributed by atoms with E-state index in [0.717, 1.165) is 11.8 Å². The maximum absolute atomic E-state index is 12.5. The number of nitro groups is 1. The largest absolute Gasteiger partial charge is 0.453 e. The van der Waals surface area contributed by atoms with Gasteiger partial charge in [0.2, 0.25) is 5.16 Å². The SMILES string of the molecule is Nn1c(SCc2cccc([N+](=O)[O-])c2)nnc1C(F)(F)F. The van der Waals surface area contributed by atoms with E-state index >= 15 is 0 Å². The first-order valence-corrected chi connectivity index (χ1v) is 6.41. The molecule has 0 saturated heterocycles.